The van der Waals surface area contributed by atoms with Gasteiger partial charge in [0.1, 0.15) is 11.9 Å². The van der Waals surface area contributed by atoms with Gasteiger partial charge >= 0.3 is 5.97 Å². The van der Waals surface area contributed by atoms with Crippen LogP contribution in [0, 0.1) is 11.2 Å². The molecule has 0 radical (unpaired) electrons. The van der Waals surface area contributed by atoms with Gasteiger partial charge in [0.2, 0.25) is 5.91 Å². The van der Waals surface area contributed by atoms with Crippen molar-refractivity contribution in [3.05, 3.63) is 47.8 Å². The maximum Gasteiger partial charge on any atom is 0.326 e. The van der Waals surface area contributed by atoms with Crippen LogP contribution in [0.15, 0.2) is 36.4 Å². The summed E-state index contributed by atoms with van der Waals surface area (Å²) in [4.78, 5) is 23.9. The highest BCUT2D eigenvalue weighted by molar-refractivity contribution is 5.88. The van der Waals surface area contributed by atoms with E-state index in [0.717, 1.165) is 12.0 Å². The molecule has 124 valence electrons. The van der Waals surface area contributed by atoms with Gasteiger partial charge in [-0.1, -0.05) is 30.7 Å². The van der Waals surface area contributed by atoms with Crippen LogP contribution in [0.2, 0.25) is 0 Å². The van der Waals surface area contributed by atoms with Crippen molar-refractivity contribution in [1.29, 1.82) is 0 Å². The quantitative estimate of drug-likeness (QED) is 0.759. The third-order valence-electron chi connectivity index (χ3n) is 4.43. The molecule has 1 atom stereocenters. The molecular formula is C18H22FNO3. The molecule has 1 unspecified atom stereocenters. The summed E-state index contributed by atoms with van der Waals surface area (Å²) in [7, 11) is 0. The molecule has 0 aromatic heterocycles. The highest BCUT2D eigenvalue weighted by Crippen LogP contribution is 2.44. The van der Waals surface area contributed by atoms with Gasteiger partial charge in [-0.15, -0.1) is 0 Å². The average molecular weight is 319 g/mol. The third-order valence-corrected chi connectivity index (χ3v) is 4.43. The number of allylic oxidation sites excluding steroid dienone is 1. The number of rotatable bonds is 7. The minimum absolute atomic E-state index is 0.245. The van der Waals surface area contributed by atoms with Crippen molar-refractivity contribution in [2.75, 3.05) is 0 Å². The molecule has 23 heavy (non-hydrogen) atoms. The van der Waals surface area contributed by atoms with Crippen LogP contribution in [0.25, 0.3) is 0 Å². The highest BCUT2D eigenvalue weighted by atomic mass is 19.1. The normalized spacial score (nSPS) is 17.5. The monoisotopic (exact) mass is 319 g/mol. The second-order valence-electron chi connectivity index (χ2n) is 6.11. The number of carbonyl (C=O) groups excluding carboxylic acids is 1. The molecular weight excluding hydrogens is 297 g/mol. The van der Waals surface area contributed by atoms with Crippen LogP contribution in [0.3, 0.4) is 0 Å². The van der Waals surface area contributed by atoms with Gasteiger partial charge in [-0.2, -0.15) is 0 Å². The molecule has 1 saturated carbocycles. The summed E-state index contributed by atoms with van der Waals surface area (Å²) in [6.45, 7) is 1.80. The third kappa shape index (κ3) is 4.18. The first kappa shape index (κ1) is 17.2. The van der Waals surface area contributed by atoms with E-state index in [-0.39, 0.29) is 18.1 Å². The predicted molar refractivity (Wildman–Crippen MR) is 85.4 cm³/mol. The Labute approximate surface area is 135 Å². The molecule has 1 fully saturated rings. The molecule has 0 bridgehead atoms. The largest absolute Gasteiger partial charge is 0.480 e. The van der Waals surface area contributed by atoms with Crippen molar-refractivity contribution in [1.82, 2.24) is 5.32 Å². The Hall–Kier alpha value is -2.17. The zero-order valence-electron chi connectivity index (χ0n) is 13.2. The van der Waals surface area contributed by atoms with E-state index in [4.69, 9.17) is 0 Å². The Kier molecular flexibility index (Phi) is 5.53. The number of nitrogens with one attached hydrogen (secondary N) is 1. The Balaban J connectivity index is 2.09. The topological polar surface area (TPSA) is 66.4 Å². The van der Waals surface area contributed by atoms with Gasteiger partial charge in [0, 0.05) is 0 Å². The first-order valence-electron chi connectivity index (χ1n) is 7.86. The van der Waals surface area contributed by atoms with Crippen LogP contribution in [0.5, 0.6) is 0 Å². The van der Waals surface area contributed by atoms with Gasteiger partial charge < -0.3 is 10.4 Å². The van der Waals surface area contributed by atoms with Gasteiger partial charge in [-0.05, 0) is 50.3 Å². The number of halogens is 1. The molecule has 0 heterocycles. The van der Waals surface area contributed by atoms with E-state index < -0.39 is 17.4 Å². The lowest BCUT2D eigenvalue weighted by molar-refractivity contribution is -0.145. The summed E-state index contributed by atoms with van der Waals surface area (Å²) in [6.07, 6.45) is 6.50. The number of carboxylic acids is 1. The van der Waals surface area contributed by atoms with Crippen molar-refractivity contribution in [3.8, 4) is 0 Å². The molecule has 0 aliphatic heterocycles. The van der Waals surface area contributed by atoms with Crippen molar-refractivity contribution >= 4 is 11.9 Å². The standard InChI is InChI=1S/C18H22FNO3/c1-2-3-8-15(16(21)22)20-17(23)18(9-5-10-18)12-13-6-4-7-14(19)11-13/h2-4,6-7,11,15H,5,8-10,12H2,1H3,(H,20,23)(H,21,22)/b3-2+. The van der Waals surface area contributed by atoms with Crippen molar-refractivity contribution in [3.63, 3.8) is 0 Å². The number of amides is 1. The van der Waals surface area contributed by atoms with E-state index in [1.807, 2.05) is 0 Å². The van der Waals surface area contributed by atoms with E-state index in [9.17, 15) is 19.1 Å². The van der Waals surface area contributed by atoms with Crippen LogP contribution >= 0.6 is 0 Å². The first-order valence-corrected chi connectivity index (χ1v) is 7.86. The predicted octanol–water partition coefficient (Wildman–Crippen LogP) is 3.07. The fourth-order valence-electron chi connectivity index (χ4n) is 2.93. The molecule has 4 nitrogen and oxygen atoms in total. The lowest BCUT2D eigenvalue weighted by Gasteiger charge is -2.41. The van der Waals surface area contributed by atoms with Crippen molar-refractivity contribution < 1.29 is 19.1 Å². The lowest BCUT2D eigenvalue weighted by Crippen LogP contribution is -2.52. The highest BCUT2D eigenvalue weighted by Gasteiger charge is 2.45. The lowest BCUT2D eigenvalue weighted by atomic mass is 9.64. The molecule has 1 aliphatic rings. The van der Waals surface area contributed by atoms with Crippen LogP contribution in [-0.2, 0) is 16.0 Å². The van der Waals surface area contributed by atoms with Crippen LogP contribution in [0.1, 0.15) is 38.2 Å². The first-order chi connectivity index (χ1) is 11.0. The number of hydrogen-bond acceptors (Lipinski definition) is 2. The molecule has 1 aromatic rings. The molecule has 2 N–H and O–H groups in total. The molecule has 1 amide bonds. The van der Waals surface area contributed by atoms with E-state index in [1.165, 1.54) is 12.1 Å². The van der Waals surface area contributed by atoms with Gasteiger partial charge in [-0.3, -0.25) is 4.79 Å². The molecule has 5 heteroatoms. The maximum absolute atomic E-state index is 13.3. The molecule has 1 aliphatic carbocycles. The van der Waals surface area contributed by atoms with Gasteiger partial charge in [-0.25, -0.2) is 9.18 Å². The van der Waals surface area contributed by atoms with Crippen LogP contribution < -0.4 is 5.32 Å². The Morgan fingerprint density at radius 3 is 2.70 bits per heavy atom. The second-order valence-corrected chi connectivity index (χ2v) is 6.11. The van der Waals surface area contributed by atoms with Gasteiger partial charge in [0.25, 0.3) is 0 Å². The summed E-state index contributed by atoms with van der Waals surface area (Å²) in [5.74, 6) is -1.62. The number of hydrogen-bond donors (Lipinski definition) is 2. The smallest absolute Gasteiger partial charge is 0.326 e. The number of benzene rings is 1. The molecule has 0 saturated heterocycles. The van der Waals surface area contributed by atoms with E-state index in [2.05, 4.69) is 5.32 Å². The van der Waals surface area contributed by atoms with Crippen molar-refractivity contribution in [2.24, 2.45) is 5.41 Å². The van der Waals surface area contributed by atoms with E-state index >= 15 is 0 Å². The zero-order chi connectivity index (χ0) is 16.9. The number of aliphatic carboxylic acids is 1. The van der Waals surface area contributed by atoms with Crippen LogP contribution in [-0.4, -0.2) is 23.0 Å². The molecule has 1 aromatic carbocycles. The van der Waals surface area contributed by atoms with Crippen molar-refractivity contribution in [2.45, 2.75) is 45.1 Å². The maximum atomic E-state index is 13.3. The minimum Gasteiger partial charge on any atom is -0.480 e. The summed E-state index contributed by atoms with van der Waals surface area (Å²) in [6, 6.07) is 5.30. The van der Waals surface area contributed by atoms with Crippen LogP contribution in [0.4, 0.5) is 4.39 Å². The Morgan fingerprint density at radius 1 is 1.43 bits per heavy atom. The summed E-state index contributed by atoms with van der Waals surface area (Å²) < 4.78 is 13.3. The van der Waals surface area contributed by atoms with E-state index in [0.29, 0.717) is 19.3 Å². The van der Waals surface area contributed by atoms with E-state index in [1.54, 1.807) is 31.2 Å². The second kappa shape index (κ2) is 7.40. The average Bonchev–Trinajstić information content (AvgIpc) is 2.46. The van der Waals surface area contributed by atoms with Gasteiger partial charge in [0.05, 0.1) is 5.41 Å². The number of carbonyl (C=O) groups is 2. The minimum atomic E-state index is -1.04. The van der Waals surface area contributed by atoms with Gasteiger partial charge in [0.15, 0.2) is 0 Å². The number of carboxylic acid groups (broad SMARTS) is 1. The summed E-state index contributed by atoms with van der Waals surface area (Å²) in [5, 5.41) is 11.9. The SMILES string of the molecule is C/C=C/CC(NC(=O)C1(Cc2cccc(F)c2)CCC1)C(=O)O. The summed E-state index contributed by atoms with van der Waals surface area (Å²) >= 11 is 0. The molecule has 2 rings (SSSR count). The Bertz CT molecular complexity index is 608. The fraction of sp³-hybridized carbons (Fsp3) is 0.444. The Morgan fingerprint density at radius 2 is 2.17 bits per heavy atom. The zero-order valence-corrected chi connectivity index (χ0v) is 13.2. The molecule has 0 spiro atoms. The summed E-state index contributed by atoms with van der Waals surface area (Å²) in [5.41, 5.74) is 0.150. The fourth-order valence-corrected chi connectivity index (χ4v) is 2.93.